The first-order valence-electron chi connectivity index (χ1n) is 5.20. The molecule has 2 nitrogen and oxygen atoms in total. The minimum atomic E-state index is 0.561. The predicted octanol–water partition coefficient (Wildman–Crippen LogP) is 2.92. The van der Waals surface area contributed by atoms with Crippen LogP contribution in [0.4, 0.5) is 5.69 Å². The van der Waals surface area contributed by atoms with E-state index >= 15 is 0 Å². The number of fused-ring (bicyclic) bond motifs is 1. The molecule has 1 aromatic carbocycles. The molecule has 2 heteroatoms. The van der Waals surface area contributed by atoms with E-state index in [2.05, 4.69) is 38.2 Å². The van der Waals surface area contributed by atoms with Crippen LogP contribution in [0, 0.1) is 6.92 Å². The Bertz CT molecular complexity index is 344. The first-order chi connectivity index (χ1) is 6.70. The van der Waals surface area contributed by atoms with Gasteiger partial charge in [-0.05, 0) is 30.0 Å². The lowest BCUT2D eigenvalue weighted by molar-refractivity contribution is 0.320. The van der Waals surface area contributed by atoms with Crippen molar-refractivity contribution in [1.82, 2.24) is 0 Å². The van der Waals surface area contributed by atoms with Crippen LogP contribution in [0.3, 0.4) is 0 Å². The molecule has 0 unspecified atom stereocenters. The molecule has 0 atom stereocenters. The van der Waals surface area contributed by atoms with Crippen molar-refractivity contribution in [2.45, 2.75) is 26.7 Å². The van der Waals surface area contributed by atoms with Crippen LogP contribution in [0.15, 0.2) is 12.1 Å². The summed E-state index contributed by atoms with van der Waals surface area (Å²) in [5, 5.41) is 3.34. The molecule has 1 N–H and O–H groups in total. The molecule has 2 rings (SSSR count). The van der Waals surface area contributed by atoms with Gasteiger partial charge in [-0.25, -0.2) is 0 Å². The predicted molar refractivity (Wildman–Crippen MR) is 59.3 cm³/mol. The maximum Gasteiger partial charge on any atom is 0.145 e. The van der Waals surface area contributed by atoms with Crippen LogP contribution < -0.4 is 10.1 Å². The summed E-state index contributed by atoms with van der Waals surface area (Å²) in [6.45, 7) is 8.25. The van der Waals surface area contributed by atoms with Crippen molar-refractivity contribution in [1.29, 1.82) is 0 Å². The van der Waals surface area contributed by atoms with Gasteiger partial charge < -0.3 is 10.1 Å². The van der Waals surface area contributed by atoms with Crippen molar-refractivity contribution in [3.8, 4) is 5.75 Å². The fraction of sp³-hybridized carbons (Fsp3) is 0.500. The van der Waals surface area contributed by atoms with Gasteiger partial charge in [-0.1, -0.05) is 19.9 Å². The maximum atomic E-state index is 5.68. The zero-order valence-corrected chi connectivity index (χ0v) is 9.05. The van der Waals surface area contributed by atoms with E-state index < -0.39 is 0 Å². The van der Waals surface area contributed by atoms with E-state index in [1.807, 2.05) is 0 Å². The Hall–Kier alpha value is -1.18. The average Bonchev–Trinajstić information content (AvgIpc) is 2.18. The molecule has 1 heterocycles. The Morgan fingerprint density at radius 1 is 1.36 bits per heavy atom. The van der Waals surface area contributed by atoms with E-state index in [-0.39, 0.29) is 0 Å². The third-order valence-electron chi connectivity index (χ3n) is 2.73. The summed E-state index contributed by atoms with van der Waals surface area (Å²) in [7, 11) is 0. The van der Waals surface area contributed by atoms with Gasteiger partial charge in [-0.15, -0.1) is 0 Å². The van der Waals surface area contributed by atoms with Crippen LogP contribution in [0.1, 0.15) is 30.9 Å². The summed E-state index contributed by atoms with van der Waals surface area (Å²) in [4.78, 5) is 0. The molecule has 0 bridgehead atoms. The number of nitrogens with one attached hydrogen (secondary N) is 1. The number of anilines is 1. The summed E-state index contributed by atoms with van der Waals surface area (Å²) in [6, 6.07) is 4.32. The second kappa shape index (κ2) is 3.52. The molecule has 0 amide bonds. The minimum absolute atomic E-state index is 0.561. The van der Waals surface area contributed by atoms with Gasteiger partial charge in [0.25, 0.3) is 0 Å². The largest absolute Gasteiger partial charge is 0.489 e. The summed E-state index contributed by atoms with van der Waals surface area (Å²) in [5.41, 5.74) is 3.80. The molecule has 0 saturated heterocycles. The van der Waals surface area contributed by atoms with Crippen molar-refractivity contribution in [2.24, 2.45) is 0 Å². The normalized spacial score (nSPS) is 14.6. The molecule has 1 aliphatic rings. The van der Waals surface area contributed by atoms with Gasteiger partial charge >= 0.3 is 0 Å². The lowest BCUT2D eigenvalue weighted by Gasteiger charge is -2.23. The molecule has 14 heavy (non-hydrogen) atoms. The lowest BCUT2D eigenvalue weighted by Crippen LogP contribution is -2.19. The first-order valence-corrected chi connectivity index (χ1v) is 5.20. The van der Waals surface area contributed by atoms with Crippen LogP contribution in [0.5, 0.6) is 5.75 Å². The van der Waals surface area contributed by atoms with Crippen LogP contribution in [0.2, 0.25) is 0 Å². The number of ether oxygens (including phenoxy) is 1. The van der Waals surface area contributed by atoms with Crippen molar-refractivity contribution in [3.05, 3.63) is 23.3 Å². The zero-order valence-electron chi connectivity index (χ0n) is 9.05. The number of hydrogen-bond acceptors (Lipinski definition) is 2. The van der Waals surface area contributed by atoms with Crippen molar-refractivity contribution in [2.75, 3.05) is 18.5 Å². The molecule has 0 fully saturated rings. The number of benzene rings is 1. The van der Waals surface area contributed by atoms with Crippen molar-refractivity contribution >= 4 is 5.69 Å². The Kier molecular flexibility index (Phi) is 2.36. The second-order valence-corrected chi connectivity index (χ2v) is 4.09. The van der Waals surface area contributed by atoms with E-state index in [0.717, 1.165) is 24.6 Å². The molecule has 0 saturated carbocycles. The topological polar surface area (TPSA) is 21.3 Å². The zero-order chi connectivity index (χ0) is 10.1. The highest BCUT2D eigenvalue weighted by Crippen LogP contribution is 2.35. The number of rotatable bonds is 1. The molecular weight excluding hydrogens is 174 g/mol. The van der Waals surface area contributed by atoms with Gasteiger partial charge in [0, 0.05) is 6.54 Å². The standard InChI is InChI=1S/C12H17NO/c1-8(2)10-4-5-11-12(9(10)3)14-7-6-13-11/h4-5,8,13H,6-7H2,1-3H3. The van der Waals surface area contributed by atoms with Gasteiger partial charge in [-0.2, -0.15) is 0 Å². The van der Waals surface area contributed by atoms with Crippen LogP contribution in [0.25, 0.3) is 0 Å². The molecule has 1 aliphatic heterocycles. The lowest BCUT2D eigenvalue weighted by atomic mass is 9.96. The summed E-state index contributed by atoms with van der Waals surface area (Å²) >= 11 is 0. The van der Waals surface area contributed by atoms with Crippen molar-refractivity contribution in [3.63, 3.8) is 0 Å². The Balaban J connectivity index is 2.49. The third-order valence-corrected chi connectivity index (χ3v) is 2.73. The number of hydrogen-bond donors (Lipinski definition) is 1. The van der Waals surface area contributed by atoms with Gasteiger partial charge in [0.2, 0.25) is 0 Å². The van der Waals surface area contributed by atoms with E-state index in [9.17, 15) is 0 Å². The smallest absolute Gasteiger partial charge is 0.145 e. The fourth-order valence-corrected chi connectivity index (χ4v) is 2.00. The molecule has 76 valence electrons. The molecule has 1 aromatic rings. The van der Waals surface area contributed by atoms with E-state index in [1.165, 1.54) is 11.1 Å². The molecule has 0 aromatic heterocycles. The summed E-state index contributed by atoms with van der Waals surface area (Å²) < 4.78 is 5.68. The molecule has 0 aliphatic carbocycles. The highest BCUT2D eigenvalue weighted by molar-refractivity contribution is 5.63. The van der Waals surface area contributed by atoms with Gasteiger partial charge in [0.05, 0.1) is 5.69 Å². The summed E-state index contributed by atoms with van der Waals surface area (Å²) in [5.74, 6) is 1.60. The second-order valence-electron chi connectivity index (χ2n) is 4.09. The first kappa shape index (κ1) is 9.38. The van der Waals surface area contributed by atoms with E-state index in [1.54, 1.807) is 0 Å². The fourth-order valence-electron chi connectivity index (χ4n) is 2.00. The van der Waals surface area contributed by atoms with Gasteiger partial charge in [-0.3, -0.25) is 0 Å². The Morgan fingerprint density at radius 3 is 2.86 bits per heavy atom. The molecule has 0 spiro atoms. The quantitative estimate of drug-likeness (QED) is 0.737. The minimum Gasteiger partial charge on any atom is -0.489 e. The third kappa shape index (κ3) is 1.45. The van der Waals surface area contributed by atoms with Gasteiger partial charge in [0.1, 0.15) is 12.4 Å². The van der Waals surface area contributed by atoms with E-state index in [4.69, 9.17) is 4.74 Å². The van der Waals surface area contributed by atoms with E-state index in [0.29, 0.717) is 5.92 Å². The van der Waals surface area contributed by atoms with Crippen LogP contribution in [-0.2, 0) is 0 Å². The van der Waals surface area contributed by atoms with Crippen LogP contribution >= 0.6 is 0 Å². The average molecular weight is 191 g/mol. The molecular formula is C12H17NO. The van der Waals surface area contributed by atoms with Gasteiger partial charge in [0.15, 0.2) is 0 Å². The molecule has 0 radical (unpaired) electrons. The SMILES string of the molecule is Cc1c(C(C)C)ccc2c1OCCN2. The van der Waals surface area contributed by atoms with Crippen LogP contribution in [-0.4, -0.2) is 13.2 Å². The highest BCUT2D eigenvalue weighted by Gasteiger charge is 2.15. The monoisotopic (exact) mass is 191 g/mol. The van der Waals surface area contributed by atoms with Crippen molar-refractivity contribution < 1.29 is 4.74 Å². The highest BCUT2D eigenvalue weighted by atomic mass is 16.5. The Labute approximate surface area is 85.3 Å². The summed E-state index contributed by atoms with van der Waals surface area (Å²) in [6.07, 6.45) is 0. The maximum absolute atomic E-state index is 5.68. The Morgan fingerprint density at radius 2 is 2.14 bits per heavy atom.